The molecule has 0 radical (unpaired) electrons. The Bertz CT molecular complexity index is 1580. The number of hydrogen-bond acceptors (Lipinski definition) is 6. The summed E-state index contributed by atoms with van der Waals surface area (Å²) in [7, 11) is 0. The predicted molar refractivity (Wildman–Crippen MR) is 164 cm³/mol. The molecule has 0 unspecified atom stereocenters. The summed E-state index contributed by atoms with van der Waals surface area (Å²) >= 11 is 0. The second-order valence-electron chi connectivity index (χ2n) is 12.7. The third-order valence-electron chi connectivity index (χ3n) is 10.1. The number of hydrogen-bond donors (Lipinski definition) is 0. The van der Waals surface area contributed by atoms with Crippen LogP contribution in [0.4, 0.5) is 14.6 Å². The molecule has 7 rings (SSSR count). The van der Waals surface area contributed by atoms with Crippen LogP contribution in [0, 0.1) is 5.82 Å². The molecule has 0 spiro atoms. The van der Waals surface area contributed by atoms with E-state index < -0.39 is 6.17 Å². The molecule has 1 aromatic heterocycles. The molecule has 1 amide bonds. The molecular formula is C34H39F2N5O2. The van der Waals surface area contributed by atoms with Gasteiger partial charge in [0.2, 0.25) is 5.91 Å². The SMILES string of the molecule is C=CC(=O)N1CCN(c2nc(OC[C@@]34CCCN3C[C@H](F)C4)nc3c(F)c(-c4cccc5c4CCCC5)ccc23)[C@@H](C)C1. The van der Waals surface area contributed by atoms with Gasteiger partial charge in [-0.2, -0.15) is 9.97 Å². The number of ether oxygens (including phenoxy) is 1. The van der Waals surface area contributed by atoms with Gasteiger partial charge in [0.25, 0.3) is 0 Å². The normalized spacial score (nSPS) is 25.6. The number of halogens is 2. The van der Waals surface area contributed by atoms with Crippen molar-refractivity contribution in [1.82, 2.24) is 19.8 Å². The van der Waals surface area contributed by atoms with Gasteiger partial charge in [-0.3, -0.25) is 9.69 Å². The lowest BCUT2D eigenvalue weighted by Gasteiger charge is -2.40. The lowest BCUT2D eigenvalue weighted by atomic mass is 9.85. The van der Waals surface area contributed by atoms with E-state index in [0.29, 0.717) is 49.4 Å². The van der Waals surface area contributed by atoms with E-state index in [9.17, 15) is 9.18 Å². The molecule has 0 saturated carbocycles. The number of amides is 1. The lowest BCUT2D eigenvalue weighted by molar-refractivity contribution is -0.126. The maximum atomic E-state index is 16.7. The van der Waals surface area contributed by atoms with Crippen LogP contribution in [0.2, 0.25) is 0 Å². The van der Waals surface area contributed by atoms with Gasteiger partial charge in [-0.1, -0.05) is 30.8 Å². The minimum absolute atomic E-state index is 0.0708. The van der Waals surface area contributed by atoms with Crippen LogP contribution in [0.5, 0.6) is 6.01 Å². The molecular weight excluding hydrogens is 548 g/mol. The number of aromatic nitrogens is 2. The smallest absolute Gasteiger partial charge is 0.319 e. The zero-order chi connectivity index (χ0) is 29.7. The highest BCUT2D eigenvalue weighted by Crippen LogP contribution is 2.41. The van der Waals surface area contributed by atoms with E-state index in [1.807, 2.05) is 31.2 Å². The molecule has 4 heterocycles. The minimum Gasteiger partial charge on any atom is -0.461 e. The van der Waals surface area contributed by atoms with Crippen LogP contribution in [0.3, 0.4) is 0 Å². The van der Waals surface area contributed by atoms with Crippen molar-refractivity contribution in [1.29, 1.82) is 0 Å². The van der Waals surface area contributed by atoms with Crippen molar-refractivity contribution in [3.8, 4) is 17.1 Å². The zero-order valence-corrected chi connectivity index (χ0v) is 24.8. The molecule has 3 aliphatic heterocycles. The molecule has 43 heavy (non-hydrogen) atoms. The average Bonchev–Trinajstić information content (AvgIpc) is 3.55. The van der Waals surface area contributed by atoms with Crippen molar-refractivity contribution in [3.05, 3.63) is 59.9 Å². The van der Waals surface area contributed by atoms with Gasteiger partial charge in [0.05, 0.1) is 5.54 Å². The van der Waals surface area contributed by atoms with Crippen LogP contribution in [0.1, 0.15) is 50.2 Å². The van der Waals surface area contributed by atoms with Gasteiger partial charge in [-0.05, 0) is 80.8 Å². The van der Waals surface area contributed by atoms with Gasteiger partial charge in [0, 0.05) is 49.6 Å². The molecule has 2 aromatic carbocycles. The van der Waals surface area contributed by atoms with E-state index in [0.717, 1.165) is 50.6 Å². The van der Waals surface area contributed by atoms with Gasteiger partial charge < -0.3 is 14.5 Å². The third-order valence-corrected chi connectivity index (χ3v) is 10.1. The molecule has 9 heteroatoms. The molecule has 3 saturated heterocycles. The summed E-state index contributed by atoms with van der Waals surface area (Å²) in [6.45, 7) is 8.75. The number of carbonyl (C=O) groups is 1. The quantitative estimate of drug-likeness (QED) is 0.356. The van der Waals surface area contributed by atoms with Crippen molar-refractivity contribution >= 4 is 22.6 Å². The fraction of sp³-hybridized carbons (Fsp3) is 0.500. The van der Waals surface area contributed by atoms with E-state index in [4.69, 9.17) is 9.72 Å². The summed E-state index contributed by atoms with van der Waals surface area (Å²) in [5.41, 5.74) is 3.82. The highest BCUT2D eigenvalue weighted by Gasteiger charge is 2.49. The maximum Gasteiger partial charge on any atom is 0.319 e. The van der Waals surface area contributed by atoms with Crippen molar-refractivity contribution in [2.24, 2.45) is 0 Å². The fourth-order valence-electron chi connectivity index (χ4n) is 7.90. The van der Waals surface area contributed by atoms with Crippen LogP contribution in [0.15, 0.2) is 43.0 Å². The first-order chi connectivity index (χ1) is 20.9. The molecule has 4 aliphatic rings. The van der Waals surface area contributed by atoms with E-state index >= 15 is 4.39 Å². The van der Waals surface area contributed by atoms with E-state index in [-0.39, 0.29) is 41.4 Å². The van der Waals surface area contributed by atoms with E-state index in [2.05, 4.69) is 27.4 Å². The molecule has 3 atom stereocenters. The second kappa shape index (κ2) is 11.2. The Labute approximate surface area is 251 Å². The van der Waals surface area contributed by atoms with E-state index in [1.54, 1.807) is 4.90 Å². The summed E-state index contributed by atoms with van der Waals surface area (Å²) in [6.07, 6.45) is 6.97. The highest BCUT2D eigenvalue weighted by atomic mass is 19.1. The number of benzene rings is 2. The summed E-state index contributed by atoms with van der Waals surface area (Å²) in [4.78, 5) is 27.9. The van der Waals surface area contributed by atoms with Crippen LogP contribution < -0.4 is 9.64 Å². The first-order valence-corrected chi connectivity index (χ1v) is 15.7. The number of carbonyl (C=O) groups excluding carboxylic acids is 1. The minimum atomic E-state index is -0.871. The Hall–Kier alpha value is -3.59. The largest absolute Gasteiger partial charge is 0.461 e. The molecule has 7 nitrogen and oxygen atoms in total. The lowest BCUT2D eigenvalue weighted by Crippen LogP contribution is -2.53. The maximum absolute atomic E-state index is 16.7. The van der Waals surface area contributed by atoms with Crippen LogP contribution in [0.25, 0.3) is 22.0 Å². The predicted octanol–water partition coefficient (Wildman–Crippen LogP) is 5.49. The topological polar surface area (TPSA) is 61.8 Å². The van der Waals surface area contributed by atoms with Gasteiger partial charge in [0.15, 0.2) is 5.82 Å². The van der Waals surface area contributed by atoms with Crippen LogP contribution in [-0.2, 0) is 17.6 Å². The number of aryl methyl sites for hydroxylation is 1. The number of alkyl halides is 1. The molecule has 0 N–H and O–H groups in total. The van der Waals surface area contributed by atoms with Gasteiger partial charge in [0.1, 0.15) is 24.1 Å². The first-order valence-electron chi connectivity index (χ1n) is 15.7. The zero-order valence-electron chi connectivity index (χ0n) is 24.8. The Morgan fingerprint density at radius 2 is 1.95 bits per heavy atom. The third kappa shape index (κ3) is 4.95. The number of fused-ring (bicyclic) bond motifs is 3. The molecule has 226 valence electrons. The summed E-state index contributed by atoms with van der Waals surface area (Å²) in [5, 5.41) is 0.610. The Balaban J connectivity index is 1.30. The Morgan fingerprint density at radius 3 is 2.79 bits per heavy atom. The van der Waals surface area contributed by atoms with Gasteiger partial charge in [-0.25, -0.2) is 8.78 Å². The molecule has 1 aliphatic carbocycles. The number of anilines is 1. The fourth-order valence-corrected chi connectivity index (χ4v) is 7.90. The van der Waals surface area contributed by atoms with Gasteiger partial charge >= 0.3 is 6.01 Å². The Kier molecular flexibility index (Phi) is 7.32. The Morgan fingerprint density at radius 1 is 1.09 bits per heavy atom. The van der Waals surface area contributed by atoms with Gasteiger partial charge in [-0.15, -0.1) is 0 Å². The summed E-state index contributed by atoms with van der Waals surface area (Å²) < 4.78 is 37.4. The standard InChI is InChI=1S/C34H39F2N5O2/c1-3-29(42)39-16-17-41(22(2)19-39)32-28-13-12-27(26-11-6-9-23-8-4-5-10-25(23)26)30(36)31(28)37-33(38-32)43-21-34-14-7-15-40(34)20-24(35)18-34/h3,6,9,11-13,22,24H,1,4-5,7-8,10,14-21H2,2H3/t22-,24+,34-/m0/s1. The van der Waals surface area contributed by atoms with Crippen molar-refractivity contribution in [2.45, 2.75) is 69.6 Å². The first kappa shape index (κ1) is 28.2. The van der Waals surface area contributed by atoms with Crippen molar-refractivity contribution < 1.29 is 18.3 Å². The number of nitrogens with zero attached hydrogens (tertiary/aromatic N) is 5. The van der Waals surface area contributed by atoms with E-state index in [1.165, 1.54) is 17.2 Å². The van der Waals surface area contributed by atoms with Crippen molar-refractivity contribution in [2.75, 3.05) is 44.2 Å². The van der Waals surface area contributed by atoms with Crippen LogP contribution in [-0.4, -0.2) is 82.8 Å². The number of rotatable bonds is 6. The van der Waals surface area contributed by atoms with Crippen LogP contribution >= 0.6 is 0 Å². The average molecular weight is 588 g/mol. The van der Waals surface area contributed by atoms with Crippen molar-refractivity contribution in [3.63, 3.8) is 0 Å². The molecule has 3 aromatic rings. The monoisotopic (exact) mass is 587 g/mol. The highest BCUT2D eigenvalue weighted by molar-refractivity contribution is 5.94. The second-order valence-corrected chi connectivity index (χ2v) is 12.7. The summed E-state index contributed by atoms with van der Waals surface area (Å²) in [6, 6.07) is 9.98. The molecule has 0 bridgehead atoms. The molecule has 3 fully saturated rings. The summed E-state index contributed by atoms with van der Waals surface area (Å²) in [5.74, 6) is 0.103. The number of piperazine rings is 1.